The Hall–Kier alpha value is -4.55. The smallest absolute Gasteiger partial charge is 0.0991 e. The summed E-state index contributed by atoms with van der Waals surface area (Å²) in [5, 5.41) is 11.6. The van der Waals surface area contributed by atoms with Crippen molar-refractivity contribution in [1.29, 1.82) is 5.26 Å². The largest absolute Gasteiger partial charge is 0.388 e. The molecule has 0 spiro atoms. The van der Waals surface area contributed by atoms with Gasteiger partial charge in [0.15, 0.2) is 0 Å². The van der Waals surface area contributed by atoms with Crippen LogP contribution in [-0.4, -0.2) is 7.05 Å². The van der Waals surface area contributed by atoms with Gasteiger partial charge in [-0.15, -0.1) is 0 Å². The first-order chi connectivity index (χ1) is 17.5. The van der Waals surface area contributed by atoms with Crippen molar-refractivity contribution in [3.05, 3.63) is 139 Å². The van der Waals surface area contributed by atoms with Crippen LogP contribution in [0.2, 0.25) is 0 Å². The van der Waals surface area contributed by atoms with Crippen LogP contribution in [0.4, 0.5) is 17.1 Å². The van der Waals surface area contributed by atoms with Crippen molar-refractivity contribution in [2.45, 2.75) is 20.8 Å². The maximum Gasteiger partial charge on any atom is 0.0991 e. The highest BCUT2D eigenvalue weighted by Gasteiger charge is 2.14. The second-order valence-electron chi connectivity index (χ2n) is 7.44. The van der Waals surface area contributed by atoms with Crippen LogP contribution < -0.4 is 10.2 Å². The molecule has 0 heterocycles. The Morgan fingerprint density at radius 2 is 1.47 bits per heavy atom. The SMILES string of the molecule is C=C/C=C(\C=C/C)N(c1ccc(NC)cc1)c1ccc(C=C)c(C=C)c1.C\C=C/C=C(C#N)\C=C/C. The zero-order valence-electron chi connectivity index (χ0n) is 21.9. The molecule has 0 atom stereocenters. The van der Waals surface area contributed by atoms with Gasteiger partial charge in [-0.3, -0.25) is 0 Å². The summed E-state index contributed by atoms with van der Waals surface area (Å²) in [6, 6.07) is 16.7. The molecule has 0 fully saturated rings. The van der Waals surface area contributed by atoms with Gasteiger partial charge in [0.1, 0.15) is 0 Å². The summed E-state index contributed by atoms with van der Waals surface area (Å²) >= 11 is 0. The van der Waals surface area contributed by atoms with E-state index in [-0.39, 0.29) is 0 Å². The molecule has 0 aliphatic heterocycles. The van der Waals surface area contributed by atoms with E-state index in [0.29, 0.717) is 5.57 Å². The third-order valence-electron chi connectivity index (χ3n) is 5.01. The molecule has 0 aliphatic rings. The predicted octanol–water partition coefficient (Wildman–Crippen LogP) is 9.39. The van der Waals surface area contributed by atoms with Gasteiger partial charge in [-0.1, -0.05) is 68.3 Å². The Morgan fingerprint density at radius 3 is 1.97 bits per heavy atom. The lowest BCUT2D eigenvalue weighted by molar-refractivity contribution is 1.20. The predicted molar refractivity (Wildman–Crippen MR) is 161 cm³/mol. The Balaban J connectivity index is 0.000000548. The summed E-state index contributed by atoms with van der Waals surface area (Å²) in [4.78, 5) is 2.20. The summed E-state index contributed by atoms with van der Waals surface area (Å²) in [6.07, 6.45) is 20.7. The molecule has 1 N–H and O–H groups in total. The van der Waals surface area contributed by atoms with Crippen molar-refractivity contribution in [2.75, 3.05) is 17.3 Å². The maximum absolute atomic E-state index is 8.48. The standard InChI is InChI=1S/C24H26N2.C9H11N/c1-6-10-22(11-7-2)26(23-16-13-21(25-5)14-17-23)24-15-12-19(8-3)20(9-4)18-24;1-3-5-7-9(8-10)6-4-2/h6-18,25H,1,3-4H2,2,5H3;3-7H,1-2H3/b11-7-,22-10+;5-3-,6-4-,9-7+. The number of hydrogen-bond acceptors (Lipinski definition) is 3. The van der Waals surface area contributed by atoms with Crippen LogP contribution in [-0.2, 0) is 0 Å². The van der Waals surface area contributed by atoms with E-state index < -0.39 is 0 Å². The van der Waals surface area contributed by atoms with E-state index >= 15 is 0 Å². The molecule has 36 heavy (non-hydrogen) atoms. The van der Waals surface area contributed by atoms with Gasteiger partial charge in [0, 0.05) is 29.8 Å². The summed E-state index contributed by atoms with van der Waals surface area (Å²) in [6.45, 7) is 17.5. The summed E-state index contributed by atoms with van der Waals surface area (Å²) < 4.78 is 0. The molecule has 0 unspecified atom stereocenters. The van der Waals surface area contributed by atoms with E-state index in [4.69, 9.17) is 5.26 Å². The second-order valence-corrected chi connectivity index (χ2v) is 7.44. The van der Waals surface area contributed by atoms with Crippen molar-refractivity contribution in [3.8, 4) is 6.07 Å². The lowest BCUT2D eigenvalue weighted by Crippen LogP contribution is -2.15. The van der Waals surface area contributed by atoms with Crippen molar-refractivity contribution in [2.24, 2.45) is 0 Å². The van der Waals surface area contributed by atoms with E-state index in [9.17, 15) is 0 Å². The normalized spacial score (nSPS) is 11.6. The van der Waals surface area contributed by atoms with Crippen LogP contribution >= 0.6 is 0 Å². The topological polar surface area (TPSA) is 39.1 Å². The van der Waals surface area contributed by atoms with Crippen LogP contribution in [0.25, 0.3) is 12.2 Å². The van der Waals surface area contributed by atoms with Gasteiger partial charge < -0.3 is 10.2 Å². The first-order valence-electron chi connectivity index (χ1n) is 11.8. The lowest BCUT2D eigenvalue weighted by Gasteiger charge is -2.27. The number of benzene rings is 2. The van der Waals surface area contributed by atoms with Crippen molar-refractivity contribution in [1.82, 2.24) is 0 Å². The number of nitrogens with one attached hydrogen (secondary N) is 1. The van der Waals surface area contributed by atoms with E-state index in [2.05, 4.69) is 84.6 Å². The number of allylic oxidation sites excluding steroid dienone is 10. The minimum Gasteiger partial charge on any atom is -0.388 e. The minimum absolute atomic E-state index is 0.681. The zero-order valence-corrected chi connectivity index (χ0v) is 21.9. The highest BCUT2D eigenvalue weighted by atomic mass is 15.1. The molecule has 0 saturated heterocycles. The first-order valence-corrected chi connectivity index (χ1v) is 11.8. The van der Waals surface area contributed by atoms with Gasteiger partial charge in [0.05, 0.1) is 11.6 Å². The highest BCUT2D eigenvalue weighted by molar-refractivity contribution is 5.76. The minimum atomic E-state index is 0.681. The fraction of sp³-hybridized carbons (Fsp3) is 0.121. The van der Waals surface area contributed by atoms with E-state index in [0.717, 1.165) is 33.9 Å². The third kappa shape index (κ3) is 9.00. The molecular weight excluding hydrogens is 438 g/mol. The van der Waals surface area contributed by atoms with Crippen LogP contribution in [0.1, 0.15) is 31.9 Å². The van der Waals surface area contributed by atoms with E-state index in [1.807, 2.05) is 70.4 Å². The van der Waals surface area contributed by atoms with Crippen molar-refractivity contribution >= 4 is 29.2 Å². The summed E-state index contributed by atoms with van der Waals surface area (Å²) in [7, 11) is 1.92. The Labute approximate surface area is 217 Å². The quantitative estimate of drug-likeness (QED) is 0.275. The Kier molecular flexibility index (Phi) is 13.9. The molecule has 184 valence electrons. The fourth-order valence-corrected chi connectivity index (χ4v) is 3.29. The number of hydrogen-bond donors (Lipinski definition) is 1. The van der Waals surface area contributed by atoms with Crippen molar-refractivity contribution in [3.63, 3.8) is 0 Å². The molecule has 3 heteroatoms. The lowest BCUT2D eigenvalue weighted by atomic mass is 10.0. The van der Waals surface area contributed by atoms with Gasteiger partial charge in [0.2, 0.25) is 0 Å². The molecular formula is C33H37N3. The number of anilines is 3. The van der Waals surface area contributed by atoms with Crippen LogP contribution in [0.5, 0.6) is 0 Å². The molecule has 2 aromatic carbocycles. The molecule has 3 nitrogen and oxygen atoms in total. The van der Waals surface area contributed by atoms with Crippen molar-refractivity contribution < 1.29 is 0 Å². The van der Waals surface area contributed by atoms with E-state index in [1.165, 1.54) is 0 Å². The van der Waals surface area contributed by atoms with Gasteiger partial charge in [0.25, 0.3) is 0 Å². The number of nitriles is 1. The highest BCUT2D eigenvalue weighted by Crippen LogP contribution is 2.33. The molecule has 0 bridgehead atoms. The van der Waals surface area contributed by atoms with Crippen LogP contribution in [0.15, 0.2) is 128 Å². The maximum atomic E-state index is 8.48. The monoisotopic (exact) mass is 475 g/mol. The van der Waals surface area contributed by atoms with Gasteiger partial charge in [-0.25, -0.2) is 0 Å². The Bertz CT molecular complexity index is 1200. The molecule has 0 aliphatic carbocycles. The molecule has 0 aromatic heterocycles. The van der Waals surface area contributed by atoms with E-state index in [1.54, 1.807) is 18.2 Å². The summed E-state index contributed by atoms with van der Waals surface area (Å²) in [5.74, 6) is 0. The number of nitrogens with zero attached hydrogens (tertiary/aromatic N) is 2. The average Bonchev–Trinajstić information content (AvgIpc) is 2.92. The second kappa shape index (κ2) is 17.0. The molecule has 2 rings (SSSR count). The molecule has 2 aromatic rings. The van der Waals surface area contributed by atoms with Gasteiger partial charge in [-0.05, 0) is 92.6 Å². The molecule has 0 saturated carbocycles. The average molecular weight is 476 g/mol. The number of rotatable bonds is 10. The summed E-state index contributed by atoms with van der Waals surface area (Å²) in [5.41, 5.74) is 7.01. The van der Waals surface area contributed by atoms with Crippen LogP contribution in [0, 0.1) is 11.3 Å². The third-order valence-corrected chi connectivity index (χ3v) is 5.01. The van der Waals surface area contributed by atoms with Crippen LogP contribution in [0.3, 0.4) is 0 Å². The fourth-order valence-electron chi connectivity index (χ4n) is 3.29. The molecule has 0 radical (unpaired) electrons. The van der Waals surface area contributed by atoms with Gasteiger partial charge in [-0.2, -0.15) is 5.26 Å². The Morgan fingerprint density at radius 1 is 0.833 bits per heavy atom. The zero-order chi connectivity index (χ0) is 26.8. The van der Waals surface area contributed by atoms with Gasteiger partial charge >= 0.3 is 0 Å². The molecule has 0 amide bonds. The first kappa shape index (κ1) is 29.5.